The van der Waals surface area contributed by atoms with Gasteiger partial charge in [0.1, 0.15) is 5.82 Å². The number of aromatic nitrogens is 4. The van der Waals surface area contributed by atoms with E-state index in [1.165, 1.54) is 0 Å². The number of anilines is 1. The SMILES string of the molecule is CCCCn1cc(Cc2cccc(N)n2)nn1. The van der Waals surface area contributed by atoms with Crippen LogP contribution in [0.2, 0.25) is 0 Å². The molecule has 0 saturated carbocycles. The van der Waals surface area contributed by atoms with Crippen LogP contribution in [0.15, 0.2) is 24.4 Å². The molecule has 0 aliphatic rings. The standard InChI is InChI=1S/C12H17N5/c1-2-3-7-17-9-11(15-16-17)8-10-5-4-6-12(13)14-10/h4-6,9H,2-3,7-8H2,1H3,(H2,13,14). The quantitative estimate of drug-likeness (QED) is 0.849. The van der Waals surface area contributed by atoms with Crippen molar-refractivity contribution in [2.75, 3.05) is 5.73 Å². The lowest BCUT2D eigenvalue weighted by atomic mass is 10.2. The normalized spacial score (nSPS) is 10.6. The van der Waals surface area contributed by atoms with Crippen LogP contribution in [0.3, 0.4) is 0 Å². The fourth-order valence-electron chi connectivity index (χ4n) is 1.63. The van der Waals surface area contributed by atoms with E-state index < -0.39 is 0 Å². The van der Waals surface area contributed by atoms with Crippen LogP contribution in [-0.2, 0) is 13.0 Å². The van der Waals surface area contributed by atoms with Gasteiger partial charge in [-0.1, -0.05) is 24.6 Å². The number of nitrogen functional groups attached to an aromatic ring is 1. The molecule has 2 aromatic heterocycles. The van der Waals surface area contributed by atoms with Crippen molar-refractivity contribution >= 4 is 5.82 Å². The van der Waals surface area contributed by atoms with Gasteiger partial charge in [-0.25, -0.2) is 4.98 Å². The van der Waals surface area contributed by atoms with Gasteiger partial charge in [-0.15, -0.1) is 5.10 Å². The first-order valence-electron chi connectivity index (χ1n) is 5.88. The van der Waals surface area contributed by atoms with E-state index in [2.05, 4.69) is 22.2 Å². The van der Waals surface area contributed by atoms with Crippen molar-refractivity contribution in [2.45, 2.75) is 32.7 Å². The van der Waals surface area contributed by atoms with Crippen LogP contribution in [0.4, 0.5) is 5.82 Å². The fourth-order valence-corrected chi connectivity index (χ4v) is 1.63. The summed E-state index contributed by atoms with van der Waals surface area (Å²) in [6.45, 7) is 3.09. The molecule has 0 radical (unpaired) electrons. The van der Waals surface area contributed by atoms with E-state index in [0.717, 1.165) is 30.8 Å². The number of nitrogens with two attached hydrogens (primary N) is 1. The average Bonchev–Trinajstić information content (AvgIpc) is 2.74. The van der Waals surface area contributed by atoms with Gasteiger partial charge in [0.05, 0.1) is 5.69 Å². The third-order valence-corrected chi connectivity index (χ3v) is 2.52. The summed E-state index contributed by atoms with van der Waals surface area (Å²) in [5.74, 6) is 0.542. The second kappa shape index (κ2) is 5.43. The van der Waals surface area contributed by atoms with Gasteiger partial charge in [0.25, 0.3) is 0 Å². The van der Waals surface area contributed by atoms with Crippen molar-refractivity contribution in [1.82, 2.24) is 20.0 Å². The smallest absolute Gasteiger partial charge is 0.123 e. The Morgan fingerprint density at radius 1 is 1.29 bits per heavy atom. The number of hydrogen-bond acceptors (Lipinski definition) is 4. The summed E-state index contributed by atoms with van der Waals surface area (Å²) in [6, 6.07) is 5.63. The highest BCUT2D eigenvalue weighted by atomic mass is 15.4. The van der Waals surface area contributed by atoms with E-state index in [0.29, 0.717) is 12.2 Å². The fraction of sp³-hybridized carbons (Fsp3) is 0.417. The Morgan fingerprint density at radius 3 is 2.94 bits per heavy atom. The number of nitrogens with zero attached hydrogens (tertiary/aromatic N) is 4. The molecule has 0 fully saturated rings. The Kier molecular flexibility index (Phi) is 3.69. The molecular formula is C12H17N5. The molecule has 2 N–H and O–H groups in total. The third kappa shape index (κ3) is 3.27. The Labute approximate surface area is 101 Å². The van der Waals surface area contributed by atoms with Gasteiger partial charge in [-0.3, -0.25) is 4.68 Å². The molecule has 5 heteroatoms. The van der Waals surface area contributed by atoms with E-state index in [9.17, 15) is 0 Å². The lowest BCUT2D eigenvalue weighted by Crippen LogP contribution is -1.98. The largest absolute Gasteiger partial charge is 0.384 e. The first-order valence-corrected chi connectivity index (χ1v) is 5.88. The topological polar surface area (TPSA) is 69.6 Å². The molecule has 0 spiro atoms. The minimum absolute atomic E-state index is 0.542. The maximum Gasteiger partial charge on any atom is 0.123 e. The lowest BCUT2D eigenvalue weighted by molar-refractivity contribution is 0.553. The second-order valence-corrected chi connectivity index (χ2v) is 4.06. The van der Waals surface area contributed by atoms with Crippen LogP contribution >= 0.6 is 0 Å². The molecular weight excluding hydrogens is 214 g/mol. The summed E-state index contributed by atoms with van der Waals surface area (Å²) in [5, 5.41) is 8.21. The summed E-state index contributed by atoms with van der Waals surface area (Å²) in [5.41, 5.74) is 7.48. The third-order valence-electron chi connectivity index (χ3n) is 2.52. The van der Waals surface area contributed by atoms with Crippen molar-refractivity contribution in [3.63, 3.8) is 0 Å². The van der Waals surface area contributed by atoms with Gasteiger partial charge in [-0.2, -0.15) is 0 Å². The summed E-state index contributed by atoms with van der Waals surface area (Å²) in [7, 11) is 0. The highest BCUT2D eigenvalue weighted by Gasteiger charge is 2.03. The van der Waals surface area contributed by atoms with Crippen LogP contribution in [0.25, 0.3) is 0 Å². The summed E-state index contributed by atoms with van der Waals surface area (Å²) < 4.78 is 1.88. The van der Waals surface area contributed by atoms with Gasteiger partial charge in [-0.05, 0) is 18.6 Å². The predicted molar refractivity (Wildman–Crippen MR) is 66.4 cm³/mol. The minimum Gasteiger partial charge on any atom is -0.384 e. The maximum atomic E-state index is 5.63. The molecule has 0 saturated heterocycles. The van der Waals surface area contributed by atoms with E-state index in [1.54, 1.807) is 6.07 Å². The summed E-state index contributed by atoms with van der Waals surface area (Å²) in [6.07, 6.45) is 4.93. The van der Waals surface area contributed by atoms with Crippen LogP contribution in [0, 0.1) is 0 Å². The molecule has 2 aromatic rings. The molecule has 0 amide bonds. The summed E-state index contributed by atoms with van der Waals surface area (Å²) >= 11 is 0. The molecule has 0 aliphatic heterocycles. The lowest BCUT2D eigenvalue weighted by Gasteiger charge is -1.98. The molecule has 2 rings (SSSR count). The number of aryl methyl sites for hydroxylation is 1. The van der Waals surface area contributed by atoms with Gasteiger partial charge in [0.15, 0.2) is 0 Å². The molecule has 0 atom stereocenters. The molecule has 0 aromatic carbocycles. The van der Waals surface area contributed by atoms with Gasteiger partial charge < -0.3 is 5.73 Å². The van der Waals surface area contributed by atoms with Gasteiger partial charge in [0, 0.05) is 24.9 Å². The van der Waals surface area contributed by atoms with Crippen molar-refractivity contribution < 1.29 is 0 Å². The maximum absolute atomic E-state index is 5.63. The number of unbranched alkanes of at least 4 members (excludes halogenated alkanes) is 1. The van der Waals surface area contributed by atoms with Crippen LogP contribution < -0.4 is 5.73 Å². The van der Waals surface area contributed by atoms with Crippen LogP contribution in [0.5, 0.6) is 0 Å². The van der Waals surface area contributed by atoms with E-state index in [4.69, 9.17) is 5.73 Å². The minimum atomic E-state index is 0.542. The number of pyridine rings is 1. The van der Waals surface area contributed by atoms with E-state index in [1.807, 2.05) is 23.0 Å². The zero-order chi connectivity index (χ0) is 12.1. The monoisotopic (exact) mass is 231 g/mol. The van der Waals surface area contributed by atoms with E-state index >= 15 is 0 Å². The Balaban J connectivity index is 2.01. The summed E-state index contributed by atoms with van der Waals surface area (Å²) in [4.78, 5) is 4.24. The van der Waals surface area contributed by atoms with Gasteiger partial charge in [0.2, 0.25) is 0 Å². The molecule has 0 bridgehead atoms. The van der Waals surface area contributed by atoms with E-state index in [-0.39, 0.29) is 0 Å². The molecule has 0 unspecified atom stereocenters. The predicted octanol–water partition coefficient (Wildman–Crippen LogP) is 1.65. The first kappa shape index (κ1) is 11.6. The van der Waals surface area contributed by atoms with Crippen molar-refractivity contribution in [3.8, 4) is 0 Å². The molecule has 2 heterocycles. The van der Waals surface area contributed by atoms with Crippen molar-refractivity contribution in [2.24, 2.45) is 0 Å². The molecule has 0 aliphatic carbocycles. The van der Waals surface area contributed by atoms with Crippen LogP contribution in [0.1, 0.15) is 31.2 Å². The first-order chi connectivity index (χ1) is 8.28. The molecule has 90 valence electrons. The zero-order valence-corrected chi connectivity index (χ0v) is 10.0. The van der Waals surface area contributed by atoms with Crippen molar-refractivity contribution in [3.05, 3.63) is 35.8 Å². The Hall–Kier alpha value is -1.91. The molecule has 17 heavy (non-hydrogen) atoms. The zero-order valence-electron chi connectivity index (χ0n) is 10.0. The Bertz CT molecular complexity index is 477. The Morgan fingerprint density at radius 2 is 2.18 bits per heavy atom. The van der Waals surface area contributed by atoms with Gasteiger partial charge >= 0.3 is 0 Å². The highest BCUT2D eigenvalue weighted by Crippen LogP contribution is 2.06. The highest BCUT2D eigenvalue weighted by molar-refractivity contribution is 5.29. The molecule has 5 nitrogen and oxygen atoms in total. The number of rotatable bonds is 5. The number of hydrogen-bond donors (Lipinski definition) is 1. The van der Waals surface area contributed by atoms with Crippen LogP contribution in [-0.4, -0.2) is 20.0 Å². The second-order valence-electron chi connectivity index (χ2n) is 4.06. The van der Waals surface area contributed by atoms with Crippen molar-refractivity contribution in [1.29, 1.82) is 0 Å². The average molecular weight is 231 g/mol.